The molecule has 1 aromatic carbocycles. The number of hydrogen-bond acceptors (Lipinski definition) is 4. The molecule has 1 aliphatic heterocycles. The van der Waals surface area contributed by atoms with Gasteiger partial charge in [0.1, 0.15) is 11.6 Å². The van der Waals surface area contributed by atoms with Crippen molar-refractivity contribution in [2.24, 2.45) is 4.99 Å². The standard InChI is InChI=1S/C22H25N3O2/c1-4-25(16(3)26)22-21-14-23-19(11-18(21)13-24-22)12-20(27)10-15(2)17-8-6-5-7-9-17/h5-9,11,14-15H,4,10,12-13H2,1-3H3/t15-/m0/s1. The predicted molar refractivity (Wildman–Crippen MR) is 106 cm³/mol. The Bertz CT molecular complexity index is 874. The monoisotopic (exact) mass is 363 g/mol. The summed E-state index contributed by atoms with van der Waals surface area (Å²) in [5, 5.41) is 0. The van der Waals surface area contributed by atoms with Gasteiger partial charge < -0.3 is 0 Å². The van der Waals surface area contributed by atoms with Crippen LogP contribution in [-0.2, 0) is 22.6 Å². The van der Waals surface area contributed by atoms with E-state index in [-0.39, 0.29) is 17.6 Å². The summed E-state index contributed by atoms with van der Waals surface area (Å²) >= 11 is 0. The Balaban J connectivity index is 1.66. The first kappa shape index (κ1) is 19.0. The highest BCUT2D eigenvalue weighted by Gasteiger charge is 2.24. The number of pyridine rings is 1. The van der Waals surface area contributed by atoms with E-state index >= 15 is 0 Å². The molecular weight excluding hydrogens is 338 g/mol. The molecule has 2 heterocycles. The molecule has 0 saturated carbocycles. The quantitative estimate of drug-likeness (QED) is 0.789. The van der Waals surface area contributed by atoms with Crippen LogP contribution < -0.4 is 0 Å². The minimum absolute atomic E-state index is 0.0294. The molecule has 0 bridgehead atoms. The number of aromatic nitrogens is 1. The Labute approximate surface area is 160 Å². The maximum atomic E-state index is 12.5. The summed E-state index contributed by atoms with van der Waals surface area (Å²) in [6.07, 6.45) is 2.57. The largest absolute Gasteiger partial charge is 0.299 e. The smallest absolute Gasteiger partial charge is 0.225 e. The van der Waals surface area contributed by atoms with Crippen LogP contribution in [0.4, 0.5) is 0 Å². The second-order valence-electron chi connectivity index (χ2n) is 6.97. The molecule has 0 N–H and O–H groups in total. The van der Waals surface area contributed by atoms with Crippen molar-refractivity contribution in [3.8, 4) is 0 Å². The maximum absolute atomic E-state index is 12.5. The zero-order valence-electron chi connectivity index (χ0n) is 16.1. The molecule has 0 unspecified atom stereocenters. The van der Waals surface area contributed by atoms with Crippen LogP contribution in [0.1, 0.15) is 55.5 Å². The lowest BCUT2D eigenvalue weighted by atomic mass is 9.94. The minimum atomic E-state index is -0.0294. The first-order chi connectivity index (χ1) is 13.0. The van der Waals surface area contributed by atoms with Crippen LogP contribution in [0.3, 0.4) is 0 Å². The molecule has 2 aromatic rings. The van der Waals surface area contributed by atoms with Gasteiger partial charge in [0.25, 0.3) is 0 Å². The first-order valence-corrected chi connectivity index (χ1v) is 9.37. The summed E-state index contributed by atoms with van der Waals surface area (Å²) < 4.78 is 0. The fourth-order valence-corrected chi connectivity index (χ4v) is 3.49. The molecule has 5 heteroatoms. The van der Waals surface area contributed by atoms with Crippen molar-refractivity contribution in [3.05, 3.63) is 65.0 Å². The number of amidine groups is 1. The Morgan fingerprint density at radius 1 is 1.22 bits per heavy atom. The van der Waals surface area contributed by atoms with Gasteiger partial charge in [-0.3, -0.25) is 24.5 Å². The minimum Gasteiger partial charge on any atom is -0.299 e. The van der Waals surface area contributed by atoms with Crippen molar-refractivity contribution in [2.75, 3.05) is 6.54 Å². The van der Waals surface area contributed by atoms with Gasteiger partial charge in [-0.2, -0.15) is 0 Å². The third kappa shape index (κ3) is 4.30. The first-order valence-electron chi connectivity index (χ1n) is 9.37. The molecular formula is C22H25N3O2. The van der Waals surface area contributed by atoms with Gasteiger partial charge in [-0.25, -0.2) is 0 Å². The molecule has 27 heavy (non-hydrogen) atoms. The number of nitrogens with zero attached hydrogens (tertiary/aromatic N) is 3. The molecule has 0 saturated heterocycles. The number of benzene rings is 1. The summed E-state index contributed by atoms with van der Waals surface area (Å²) in [4.78, 5) is 34.9. The topological polar surface area (TPSA) is 62.6 Å². The summed E-state index contributed by atoms with van der Waals surface area (Å²) in [5.74, 6) is 1.02. The predicted octanol–water partition coefficient (Wildman–Crippen LogP) is 3.52. The van der Waals surface area contributed by atoms with E-state index in [0.717, 1.165) is 16.8 Å². The third-order valence-corrected chi connectivity index (χ3v) is 4.92. The molecule has 5 nitrogen and oxygen atoms in total. The zero-order chi connectivity index (χ0) is 19.4. The van der Waals surface area contributed by atoms with Crippen LogP contribution in [-0.4, -0.2) is 34.0 Å². The molecule has 1 aromatic heterocycles. The van der Waals surface area contributed by atoms with Crippen LogP contribution in [0.2, 0.25) is 0 Å². The highest BCUT2D eigenvalue weighted by molar-refractivity contribution is 6.09. The van der Waals surface area contributed by atoms with Crippen LogP contribution in [0.15, 0.2) is 47.6 Å². The molecule has 0 spiro atoms. The SMILES string of the molecule is CCN(C(C)=O)C1=NCc2cc(CC(=O)C[C@H](C)c3ccccc3)ncc21. The second kappa shape index (κ2) is 8.25. The van der Waals surface area contributed by atoms with E-state index < -0.39 is 0 Å². The van der Waals surface area contributed by atoms with E-state index in [9.17, 15) is 9.59 Å². The number of rotatable bonds is 6. The van der Waals surface area contributed by atoms with Crippen LogP contribution in [0, 0.1) is 0 Å². The van der Waals surface area contributed by atoms with Gasteiger partial charge in [0.2, 0.25) is 5.91 Å². The number of carbonyl (C=O) groups is 2. The van der Waals surface area contributed by atoms with Gasteiger partial charge in [0, 0.05) is 43.8 Å². The van der Waals surface area contributed by atoms with E-state index in [1.165, 1.54) is 5.56 Å². The fraction of sp³-hybridized carbons (Fsp3) is 0.364. The van der Waals surface area contributed by atoms with E-state index in [0.29, 0.717) is 31.8 Å². The Morgan fingerprint density at radius 3 is 2.63 bits per heavy atom. The van der Waals surface area contributed by atoms with Crippen molar-refractivity contribution in [1.82, 2.24) is 9.88 Å². The average molecular weight is 363 g/mol. The highest BCUT2D eigenvalue weighted by Crippen LogP contribution is 2.23. The molecule has 0 fully saturated rings. The van der Waals surface area contributed by atoms with Gasteiger partial charge in [-0.1, -0.05) is 37.3 Å². The van der Waals surface area contributed by atoms with Crippen molar-refractivity contribution < 1.29 is 9.59 Å². The molecule has 3 rings (SSSR count). The molecule has 1 aliphatic rings. The molecule has 1 atom stereocenters. The number of hydrogen-bond donors (Lipinski definition) is 0. The van der Waals surface area contributed by atoms with Crippen LogP contribution in [0.25, 0.3) is 0 Å². The second-order valence-corrected chi connectivity index (χ2v) is 6.97. The average Bonchev–Trinajstić information content (AvgIpc) is 3.05. The van der Waals surface area contributed by atoms with E-state index in [2.05, 4.69) is 29.0 Å². The summed E-state index contributed by atoms with van der Waals surface area (Å²) in [5.41, 5.74) is 3.86. The summed E-state index contributed by atoms with van der Waals surface area (Å²) in [6.45, 7) is 6.64. The van der Waals surface area contributed by atoms with Gasteiger partial charge >= 0.3 is 0 Å². The summed E-state index contributed by atoms with van der Waals surface area (Å²) in [7, 11) is 0. The number of amides is 1. The lowest BCUT2D eigenvalue weighted by Gasteiger charge is -2.19. The Kier molecular flexibility index (Phi) is 5.79. The van der Waals surface area contributed by atoms with Crippen molar-refractivity contribution >= 4 is 17.5 Å². The third-order valence-electron chi connectivity index (χ3n) is 4.92. The lowest BCUT2D eigenvalue weighted by molar-refractivity contribution is -0.125. The number of fused-ring (bicyclic) bond motifs is 1. The van der Waals surface area contributed by atoms with Gasteiger partial charge in [-0.05, 0) is 30.0 Å². The molecule has 140 valence electrons. The highest BCUT2D eigenvalue weighted by atomic mass is 16.2. The van der Waals surface area contributed by atoms with Crippen molar-refractivity contribution in [3.63, 3.8) is 0 Å². The number of aliphatic imine (C=N–C) groups is 1. The Morgan fingerprint density at radius 2 is 1.96 bits per heavy atom. The van der Waals surface area contributed by atoms with Crippen LogP contribution in [0.5, 0.6) is 0 Å². The number of carbonyl (C=O) groups excluding carboxylic acids is 2. The van der Waals surface area contributed by atoms with Crippen molar-refractivity contribution in [2.45, 2.75) is 46.1 Å². The fourth-order valence-electron chi connectivity index (χ4n) is 3.49. The lowest BCUT2D eigenvalue weighted by Crippen LogP contribution is -2.34. The number of ketones is 1. The maximum Gasteiger partial charge on any atom is 0.225 e. The zero-order valence-corrected chi connectivity index (χ0v) is 16.1. The molecule has 1 amide bonds. The molecule has 0 aliphatic carbocycles. The van der Waals surface area contributed by atoms with Crippen LogP contribution >= 0.6 is 0 Å². The van der Waals surface area contributed by atoms with E-state index in [1.807, 2.05) is 31.2 Å². The van der Waals surface area contributed by atoms with Gasteiger partial charge in [0.15, 0.2) is 0 Å². The molecule has 0 radical (unpaired) electrons. The van der Waals surface area contributed by atoms with Crippen molar-refractivity contribution in [1.29, 1.82) is 0 Å². The van der Waals surface area contributed by atoms with E-state index in [1.54, 1.807) is 18.0 Å². The van der Waals surface area contributed by atoms with Gasteiger partial charge in [0.05, 0.1) is 6.54 Å². The normalized spacial score (nSPS) is 13.7. The Hall–Kier alpha value is -2.82. The van der Waals surface area contributed by atoms with Gasteiger partial charge in [-0.15, -0.1) is 0 Å². The number of Topliss-reactive ketones (excluding diaryl/α,β-unsaturated/α-hetero) is 1. The summed E-state index contributed by atoms with van der Waals surface area (Å²) in [6, 6.07) is 12.0. The van der Waals surface area contributed by atoms with E-state index in [4.69, 9.17) is 0 Å².